The zero-order chi connectivity index (χ0) is 19.5. The molecule has 0 fully saturated rings. The zero-order valence-corrected chi connectivity index (χ0v) is 16.4. The molecular formula is C18H18F2N2O2S2. The van der Waals surface area contributed by atoms with E-state index in [9.17, 15) is 13.0 Å². The lowest BCUT2D eigenvalue weighted by molar-refractivity contribution is 0.416. The van der Waals surface area contributed by atoms with Crippen LogP contribution < -0.4 is 0 Å². The van der Waals surface area contributed by atoms with E-state index in [-0.39, 0.29) is 21.9 Å². The van der Waals surface area contributed by atoms with Gasteiger partial charge in [0.15, 0.2) is 5.05 Å². The van der Waals surface area contributed by atoms with Gasteiger partial charge in [-0.2, -0.15) is 4.40 Å². The van der Waals surface area contributed by atoms with E-state index in [1.807, 2.05) is 0 Å². The van der Waals surface area contributed by atoms with Gasteiger partial charge in [0.05, 0.1) is 23.1 Å². The maximum absolute atomic E-state index is 14.6. The van der Waals surface area contributed by atoms with Crippen LogP contribution in [-0.2, 0) is 15.7 Å². The van der Waals surface area contributed by atoms with Crippen LogP contribution in [0.2, 0.25) is 0 Å². The number of hydrogen-bond acceptors (Lipinski definition) is 4. The van der Waals surface area contributed by atoms with Crippen LogP contribution in [0.15, 0.2) is 34.9 Å². The third-order valence-corrected chi connectivity index (χ3v) is 5.12. The highest BCUT2D eigenvalue weighted by atomic mass is 32.2. The Morgan fingerprint density at radius 1 is 1.27 bits per heavy atom. The first-order valence-electron chi connectivity index (χ1n) is 7.64. The molecule has 4 nitrogen and oxygen atoms in total. The van der Waals surface area contributed by atoms with E-state index in [0.717, 1.165) is 18.3 Å². The second-order valence-electron chi connectivity index (χ2n) is 6.31. The molecule has 1 aromatic carbocycles. The van der Waals surface area contributed by atoms with E-state index in [2.05, 4.69) is 9.38 Å². The minimum atomic E-state index is -1.62. The quantitative estimate of drug-likeness (QED) is 0.573. The Bertz CT molecular complexity index is 893. The summed E-state index contributed by atoms with van der Waals surface area (Å²) in [6.07, 6.45) is 2.51. The normalized spacial score (nSPS) is 13.0. The lowest BCUT2D eigenvalue weighted by Gasteiger charge is -2.14. The summed E-state index contributed by atoms with van der Waals surface area (Å²) in [5.41, 5.74) is 0.205. The van der Waals surface area contributed by atoms with Crippen molar-refractivity contribution >= 4 is 34.5 Å². The van der Waals surface area contributed by atoms with Crippen LogP contribution in [0.4, 0.5) is 8.78 Å². The van der Waals surface area contributed by atoms with Crippen LogP contribution in [0.25, 0.3) is 11.3 Å². The van der Waals surface area contributed by atoms with E-state index in [1.165, 1.54) is 13.3 Å². The average molecular weight is 396 g/mol. The highest BCUT2D eigenvalue weighted by molar-refractivity contribution is 7.85. The van der Waals surface area contributed by atoms with E-state index >= 15 is 0 Å². The lowest BCUT2D eigenvalue weighted by atomic mass is 10.00. The van der Waals surface area contributed by atoms with E-state index in [1.54, 1.807) is 32.9 Å². The van der Waals surface area contributed by atoms with Gasteiger partial charge in [-0.1, -0.05) is 0 Å². The summed E-state index contributed by atoms with van der Waals surface area (Å²) in [6, 6.07) is 5.20. The number of methoxy groups -OCH3 is 1. The molecule has 8 heteroatoms. The SMILES string of the molecule is COC(=S)c1cccnc1-c1c(F)ccc(F)c1/C=N/S(=O)C(C)(C)C. The lowest BCUT2D eigenvalue weighted by Crippen LogP contribution is -2.19. The average Bonchev–Trinajstić information content (AvgIpc) is 2.60. The first-order valence-corrected chi connectivity index (χ1v) is 9.16. The standard InChI is InChI=1S/C18H18F2N2O2S2/c1-18(2,3)26(23)22-10-12-13(19)7-8-14(20)15(12)16-11(17(25)24-4)6-5-9-21-16/h5-10H,1-4H3/b22-10+. The van der Waals surface area contributed by atoms with Crippen molar-refractivity contribution in [3.63, 3.8) is 0 Å². The van der Waals surface area contributed by atoms with Crippen LogP contribution in [0.5, 0.6) is 0 Å². The number of ether oxygens (including phenoxy) is 1. The number of pyridine rings is 1. The summed E-state index contributed by atoms with van der Waals surface area (Å²) in [5, 5.41) is 0.0953. The first kappa shape index (κ1) is 20.3. The van der Waals surface area contributed by atoms with Gasteiger partial charge < -0.3 is 4.74 Å². The molecule has 0 spiro atoms. The number of hydrogen-bond donors (Lipinski definition) is 0. The molecule has 0 aliphatic heterocycles. The van der Waals surface area contributed by atoms with Crippen molar-refractivity contribution in [2.75, 3.05) is 7.11 Å². The maximum atomic E-state index is 14.6. The van der Waals surface area contributed by atoms with Crippen molar-refractivity contribution in [2.45, 2.75) is 25.5 Å². The molecule has 26 heavy (non-hydrogen) atoms. The number of halogens is 2. The molecule has 1 atom stereocenters. The molecule has 0 bridgehead atoms. The summed E-state index contributed by atoms with van der Waals surface area (Å²) in [6.45, 7) is 5.20. The highest BCUT2D eigenvalue weighted by Gasteiger charge is 2.22. The molecular weight excluding hydrogens is 378 g/mol. The van der Waals surface area contributed by atoms with Gasteiger partial charge >= 0.3 is 0 Å². The zero-order valence-electron chi connectivity index (χ0n) is 14.7. The molecule has 1 aromatic heterocycles. The second-order valence-corrected chi connectivity index (χ2v) is 8.61. The van der Waals surface area contributed by atoms with Crippen molar-refractivity contribution in [3.8, 4) is 11.3 Å². The van der Waals surface area contributed by atoms with Gasteiger partial charge in [-0.3, -0.25) is 4.98 Å². The van der Waals surface area contributed by atoms with Gasteiger partial charge in [0.25, 0.3) is 0 Å². The Labute approximate surface area is 158 Å². The Morgan fingerprint density at radius 3 is 2.54 bits per heavy atom. The topological polar surface area (TPSA) is 51.6 Å². The van der Waals surface area contributed by atoms with Crippen LogP contribution in [0.3, 0.4) is 0 Å². The van der Waals surface area contributed by atoms with Crippen LogP contribution in [-0.4, -0.2) is 32.3 Å². The highest BCUT2D eigenvalue weighted by Crippen LogP contribution is 2.30. The van der Waals surface area contributed by atoms with Crippen LogP contribution in [0.1, 0.15) is 31.9 Å². The summed E-state index contributed by atoms with van der Waals surface area (Å²) >= 11 is 5.12. The molecule has 0 radical (unpaired) electrons. The van der Waals surface area contributed by atoms with Crippen molar-refractivity contribution in [1.82, 2.24) is 4.98 Å². The maximum Gasteiger partial charge on any atom is 0.193 e. The monoisotopic (exact) mass is 396 g/mol. The number of nitrogens with zero attached hydrogens (tertiary/aromatic N) is 2. The number of rotatable bonds is 4. The fourth-order valence-corrected chi connectivity index (χ4v) is 2.75. The fourth-order valence-electron chi connectivity index (χ4n) is 2.07. The van der Waals surface area contributed by atoms with Crippen molar-refractivity contribution in [1.29, 1.82) is 0 Å². The van der Waals surface area contributed by atoms with Crippen LogP contribution in [0, 0.1) is 11.6 Å². The molecule has 0 aliphatic rings. The van der Waals surface area contributed by atoms with Gasteiger partial charge in [-0.05, 0) is 57.3 Å². The third kappa shape index (κ3) is 4.37. The molecule has 0 amide bonds. The Hall–Kier alpha value is -2.06. The van der Waals surface area contributed by atoms with E-state index in [4.69, 9.17) is 17.0 Å². The minimum Gasteiger partial charge on any atom is -0.486 e. The number of benzene rings is 1. The van der Waals surface area contributed by atoms with Gasteiger partial charge in [0.2, 0.25) is 0 Å². The molecule has 2 aromatic rings. The molecule has 2 rings (SSSR count). The van der Waals surface area contributed by atoms with Gasteiger partial charge in [0.1, 0.15) is 22.6 Å². The molecule has 0 N–H and O–H groups in total. The number of aromatic nitrogens is 1. The van der Waals surface area contributed by atoms with Crippen molar-refractivity contribution < 1.29 is 17.7 Å². The summed E-state index contributed by atoms with van der Waals surface area (Å²) in [4.78, 5) is 4.14. The predicted molar refractivity (Wildman–Crippen MR) is 104 cm³/mol. The predicted octanol–water partition coefficient (Wildman–Crippen LogP) is 4.23. The Morgan fingerprint density at radius 2 is 1.92 bits per heavy atom. The Balaban J connectivity index is 2.69. The van der Waals surface area contributed by atoms with Crippen molar-refractivity contribution in [2.24, 2.45) is 4.40 Å². The summed E-state index contributed by atoms with van der Waals surface area (Å²) in [7, 11) is -0.239. The van der Waals surface area contributed by atoms with E-state index < -0.39 is 27.4 Å². The molecule has 0 aliphatic carbocycles. The largest absolute Gasteiger partial charge is 0.486 e. The molecule has 1 heterocycles. The smallest absolute Gasteiger partial charge is 0.193 e. The second kappa shape index (κ2) is 8.09. The molecule has 0 saturated carbocycles. The fraction of sp³-hybridized carbons (Fsp3) is 0.278. The van der Waals surface area contributed by atoms with Crippen molar-refractivity contribution in [3.05, 3.63) is 53.2 Å². The molecule has 138 valence electrons. The Kier molecular flexibility index (Phi) is 6.30. The molecule has 0 saturated heterocycles. The van der Waals surface area contributed by atoms with Gasteiger partial charge in [-0.25, -0.2) is 13.0 Å². The molecule has 1 unspecified atom stereocenters. The van der Waals surface area contributed by atoms with Gasteiger partial charge in [0, 0.05) is 23.5 Å². The minimum absolute atomic E-state index is 0.0953. The van der Waals surface area contributed by atoms with Gasteiger partial charge in [-0.15, -0.1) is 0 Å². The summed E-state index contributed by atoms with van der Waals surface area (Å²) < 4.78 is 49.5. The first-order chi connectivity index (χ1) is 12.2. The van der Waals surface area contributed by atoms with E-state index in [0.29, 0.717) is 5.56 Å². The number of thiocarbonyl (C=S) groups is 1. The third-order valence-electron chi connectivity index (χ3n) is 3.39. The summed E-state index contributed by atoms with van der Waals surface area (Å²) in [5.74, 6) is -1.41. The van der Waals surface area contributed by atoms with Crippen LogP contribution >= 0.6 is 12.2 Å².